The van der Waals surface area contributed by atoms with Gasteiger partial charge in [0.15, 0.2) is 0 Å². The zero-order valence-corrected chi connectivity index (χ0v) is 8.20. The van der Waals surface area contributed by atoms with Crippen molar-refractivity contribution in [3.63, 3.8) is 0 Å². The lowest BCUT2D eigenvalue weighted by molar-refractivity contribution is 1.33. The van der Waals surface area contributed by atoms with Crippen LogP contribution >= 0.6 is 11.6 Å². The molecule has 1 aromatic heterocycles. The summed E-state index contributed by atoms with van der Waals surface area (Å²) in [5.74, 6) is 0. The van der Waals surface area contributed by atoms with Gasteiger partial charge in [0.25, 0.3) is 0 Å². The number of benzene rings is 1. The SMILES string of the molecule is Nc1cc(Cl)ncc1-c1ccccc1. The lowest BCUT2D eigenvalue weighted by Crippen LogP contribution is -1.91. The van der Waals surface area contributed by atoms with Crippen molar-refractivity contribution in [3.8, 4) is 11.1 Å². The Morgan fingerprint density at radius 1 is 1.14 bits per heavy atom. The summed E-state index contributed by atoms with van der Waals surface area (Å²) in [5.41, 5.74) is 8.44. The molecule has 0 radical (unpaired) electrons. The maximum absolute atomic E-state index is 5.83. The third-order valence-corrected chi connectivity index (χ3v) is 2.19. The number of pyridine rings is 1. The van der Waals surface area contributed by atoms with Crippen molar-refractivity contribution in [2.24, 2.45) is 0 Å². The Labute approximate surface area is 87.4 Å². The second-order valence-corrected chi connectivity index (χ2v) is 3.35. The fourth-order valence-electron chi connectivity index (χ4n) is 1.30. The molecule has 70 valence electrons. The van der Waals surface area contributed by atoms with Gasteiger partial charge in [-0.1, -0.05) is 41.9 Å². The van der Waals surface area contributed by atoms with E-state index in [1.807, 2.05) is 30.3 Å². The molecule has 0 saturated heterocycles. The lowest BCUT2D eigenvalue weighted by atomic mass is 10.1. The van der Waals surface area contributed by atoms with Gasteiger partial charge in [0, 0.05) is 17.4 Å². The van der Waals surface area contributed by atoms with E-state index < -0.39 is 0 Å². The van der Waals surface area contributed by atoms with Gasteiger partial charge in [0.05, 0.1) is 0 Å². The van der Waals surface area contributed by atoms with E-state index in [0.29, 0.717) is 10.8 Å². The first-order valence-electron chi connectivity index (χ1n) is 4.24. The van der Waals surface area contributed by atoms with Crippen molar-refractivity contribution >= 4 is 17.3 Å². The molecule has 2 rings (SSSR count). The van der Waals surface area contributed by atoms with E-state index in [9.17, 15) is 0 Å². The van der Waals surface area contributed by atoms with Crippen molar-refractivity contribution in [3.05, 3.63) is 47.7 Å². The van der Waals surface area contributed by atoms with Crippen molar-refractivity contribution < 1.29 is 0 Å². The predicted molar refractivity (Wildman–Crippen MR) is 59.1 cm³/mol. The maximum Gasteiger partial charge on any atom is 0.131 e. The molecule has 0 atom stereocenters. The van der Waals surface area contributed by atoms with Gasteiger partial charge in [-0.2, -0.15) is 0 Å². The van der Waals surface area contributed by atoms with Crippen molar-refractivity contribution in [2.45, 2.75) is 0 Å². The van der Waals surface area contributed by atoms with Crippen LogP contribution < -0.4 is 5.73 Å². The average Bonchev–Trinajstić information content (AvgIpc) is 2.19. The molecule has 0 amide bonds. The molecule has 2 N–H and O–H groups in total. The third kappa shape index (κ3) is 1.70. The Balaban J connectivity index is 2.53. The Morgan fingerprint density at radius 2 is 1.86 bits per heavy atom. The van der Waals surface area contributed by atoms with Crippen LogP contribution in [-0.2, 0) is 0 Å². The molecule has 3 heteroatoms. The second-order valence-electron chi connectivity index (χ2n) is 2.96. The zero-order chi connectivity index (χ0) is 9.97. The van der Waals surface area contributed by atoms with E-state index in [4.69, 9.17) is 17.3 Å². The highest BCUT2D eigenvalue weighted by atomic mass is 35.5. The van der Waals surface area contributed by atoms with E-state index in [1.54, 1.807) is 12.3 Å². The van der Waals surface area contributed by atoms with Gasteiger partial charge in [-0.25, -0.2) is 4.98 Å². The first-order chi connectivity index (χ1) is 6.77. The summed E-state index contributed by atoms with van der Waals surface area (Å²) in [4.78, 5) is 4.00. The molecule has 0 spiro atoms. The lowest BCUT2D eigenvalue weighted by Gasteiger charge is -2.04. The molecule has 0 bridgehead atoms. The number of rotatable bonds is 1. The molecule has 0 aliphatic rings. The van der Waals surface area contributed by atoms with Crippen LogP contribution in [0.1, 0.15) is 0 Å². The third-order valence-electron chi connectivity index (χ3n) is 1.99. The summed E-state index contributed by atoms with van der Waals surface area (Å²) in [6, 6.07) is 11.5. The van der Waals surface area contributed by atoms with Crippen LogP contribution in [0.25, 0.3) is 11.1 Å². The van der Waals surface area contributed by atoms with Gasteiger partial charge in [0.1, 0.15) is 5.15 Å². The Morgan fingerprint density at radius 3 is 2.50 bits per heavy atom. The van der Waals surface area contributed by atoms with E-state index >= 15 is 0 Å². The summed E-state index contributed by atoms with van der Waals surface area (Å²) in [5, 5.41) is 0.419. The summed E-state index contributed by atoms with van der Waals surface area (Å²) in [6.07, 6.45) is 1.69. The van der Waals surface area contributed by atoms with E-state index in [1.165, 1.54) is 0 Å². The molecule has 1 heterocycles. The predicted octanol–water partition coefficient (Wildman–Crippen LogP) is 2.98. The first-order valence-corrected chi connectivity index (χ1v) is 4.61. The second kappa shape index (κ2) is 3.68. The van der Waals surface area contributed by atoms with Gasteiger partial charge in [-0.05, 0) is 11.6 Å². The minimum atomic E-state index is 0.419. The molecule has 0 saturated carbocycles. The molecule has 0 unspecified atom stereocenters. The number of halogens is 1. The van der Waals surface area contributed by atoms with Crippen LogP contribution in [0.15, 0.2) is 42.6 Å². The van der Waals surface area contributed by atoms with E-state index in [0.717, 1.165) is 11.1 Å². The molecule has 0 aliphatic carbocycles. The Bertz CT molecular complexity index is 440. The highest BCUT2D eigenvalue weighted by Gasteiger charge is 2.02. The van der Waals surface area contributed by atoms with Crippen LogP contribution in [0.2, 0.25) is 5.15 Å². The smallest absolute Gasteiger partial charge is 0.131 e. The number of hydrogen-bond acceptors (Lipinski definition) is 2. The molecule has 14 heavy (non-hydrogen) atoms. The molecular formula is C11H9ClN2. The number of hydrogen-bond donors (Lipinski definition) is 1. The van der Waals surface area contributed by atoms with Crippen molar-refractivity contribution in [1.29, 1.82) is 0 Å². The van der Waals surface area contributed by atoms with Crippen molar-refractivity contribution in [1.82, 2.24) is 4.98 Å². The first kappa shape index (κ1) is 9.03. The summed E-state index contributed by atoms with van der Waals surface area (Å²) in [7, 11) is 0. The number of nitrogens with zero attached hydrogens (tertiary/aromatic N) is 1. The average molecular weight is 205 g/mol. The van der Waals surface area contributed by atoms with Gasteiger partial charge < -0.3 is 5.73 Å². The highest BCUT2D eigenvalue weighted by molar-refractivity contribution is 6.29. The molecule has 2 nitrogen and oxygen atoms in total. The van der Waals surface area contributed by atoms with E-state index in [2.05, 4.69) is 4.98 Å². The van der Waals surface area contributed by atoms with Crippen LogP contribution in [0.4, 0.5) is 5.69 Å². The standard InChI is InChI=1S/C11H9ClN2/c12-11-6-10(13)9(7-14-11)8-4-2-1-3-5-8/h1-7H,(H2,13,14). The van der Waals surface area contributed by atoms with Gasteiger partial charge in [-0.15, -0.1) is 0 Å². The largest absolute Gasteiger partial charge is 0.398 e. The molecule has 0 fully saturated rings. The Hall–Kier alpha value is -1.54. The highest BCUT2D eigenvalue weighted by Crippen LogP contribution is 2.26. The quantitative estimate of drug-likeness (QED) is 0.726. The van der Waals surface area contributed by atoms with Crippen LogP contribution in [-0.4, -0.2) is 4.98 Å². The normalized spacial score (nSPS) is 10.1. The summed E-state index contributed by atoms with van der Waals surface area (Å²) in [6.45, 7) is 0. The summed E-state index contributed by atoms with van der Waals surface area (Å²) < 4.78 is 0. The zero-order valence-electron chi connectivity index (χ0n) is 7.44. The maximum atomic E-state index is 5.83. The monoisotopic (exact) mass is 204 g/mol. The molecule has 1 aromatic carbocycles. The number of nitrogen functional groups attached to an aromatic ring is 1. The van der Waals surface area contributed by atoms with Crippen LogP contribution in [0.5, 0.6) is 0 Å². The molecule has 2 aromatic rings. The molecular weight excluding hydrogens is 196 g/mol. The number of nitrogens with two attached hydrogens (primary N) is 1. The fourth-order valence-corrected chi connectivity index (χ4v) is 1.47. The molecule has 0 aliphatic heterocycles. The number of aromatic nitrogens is 1. The van der Waals surface area contributed by atoms with E-state index in [-0.39, 0.29) is 0 Å². The van der Waals surface area contributed by atoms with Gasteiger partial charge in [0.2, 0.25) is 0 Å². The van der Waals surface area contributed by atoms with Crippen LogP contribution in [0.3, 0.4) is 0 Å². The van der Waals surface area contributed by atoms with Gasteiger partial charge in [-0.3, -0.25) is 0 Å². The van der Waals surface area contributed by atoms with Gasteiger partial charge >= 0.3 is 0 Å². The minimum absolute atomic E-state index is 0.419. The van der Waals surface area contributed by atoms with Crippen molar-refractivity contribution in [2.75, 3.05) is 5.73 Å². The fraction of sp³-hybridized carbons (Fsp3) is 0. The number of anilines is 1. The topological polar surface area (TPSA) is 38.9 Å². The Kier molecular flexibility index (Phi) is 2.37. The minimum Gasteiger partial charge on any atom is -0.398 e. The summed E-state index contributed by atoms with van der Waals surface area (Å²) >= 11 is 5.71. The van der Waals surface area contributed by atoms with Crippen LogP contribution in [0, 0.1) is 0 Å².